The van der Waals surface area contributed by atoms with Gasteiger partial charge in [-0.3, -0.25) is 19.7 Å². The summed E-state index contributed by atoms with van der Waals surface area (Å²) in [5.74, 6) is -0.276. The number of carbonyl (C=O) groups excluding carboxylic acids is 3. The number of nitrogens with zero attached hydrogens (tertiary/aromatic N) is 2. The molecule has 4 aromatic rings. The molecule has 1 unspecified atom stereocenters. The van der Waals surface area contributed by atoms with Gasteiger partial charge in [0.1, 0.15) is 5.70 Å². The van der Waals surface area contributed by atoms with Crippen molar-refractivity contribution in [3.63, 3.8) is 0 Å². The van der Waals surface area contributed by atoms with Crippen LogP contribution in [0.3, 0.4) is 0 Å². The molecular formula is C29H26ClN5O3S3. The maximum atomic E-state index is 13.3. The second-order valence-corrected chi connectivity index (χ2v) is 12.3. The van der Waals surface area contributed by atoms with Gasteiger partial charge in [0.25, 0.3) is 11.8 Å². The molecule has 3 aromatic carbocycles. The molecule has 41 heavy (non-hydrogen) atoms. The van der Waals surface area contributed by atoms with Crippen LogP contribution in [-0.2, 0) is 9.59 Å². The summed E-state index contributed by atoms with van der Waals surface area (Å²) in [4.78, 5) is 44.0. The summed E-state index contributed by atoms with van der Waals surface area (Å²) in [6.07, 6.45) is 1.58. The van der Waals surface area contributed by atoms with Gasteiger partial charge >= 0.3 is 0 Å². The van der Waals surface area contributed by atoms with Crippen LogP contribution < -0.4 is 16.0 Å². The zero-order chi connectivity index (χ0) is 29.2. The van der Waals surface area contributed by atoms with Crippen LogP contribution >= 0.6 is 46.7 Å². The highest BCUT2D eigenvalue weighted by atomic mass is 35.5. The van der Waals surface area contributed by atoms with Gasteiger partial charge in [0.05, 0.1) is 5.25 Å². The second-order valence-electron chi connectivity index (χ2n) is 8.48. The SMILES string of the molecule is CCSc1nsc(NC(=O)C(C)Sc2cccc(NC(=O)/C(=C/c3ccc(Cl)cc3)NC(=O)c3ccccc3)c2)n1. The number of thioether (sulfide) groups is 2. The van der Waals surface area contributed by atoms with Gasteiger partial charge in [-0.15, -0.1) is 11.8 Å². The molecule has 3 N–H and O–H groups in total. The molecule has 1 atom stereocenters. The standard InChI is InChI=1S/C29H26ClN5O3S3/c1-3-39-29-34-28(41-35-29)33-25(36)18(2)40-23-11-7-10-22(17-23)31-27(38)24(16-19-12-14-21(30)15-13-19)32-26(37)20-8-5-4-6-9-20/h4-18H,3H2,1-2H3,(H,31,38)(H,32,37)(H,33,34,35,36)/b24-16-. The molecule has 0 saturated carbocycles. The van der Waals surface area contributed by atoms with Crippen molar-refractivity contribution < 1.29 is 14.4 Å². The smallest absolute Gasteiger partial charge is 0.272 e. The van der Waals surface area contributed by atoms with Gasteiger partial charge in [0.15, 0.2) is 0 Å². The van der Waals surface area contributed by atoms with Crippen LogP contribution in [0.5, 0.6) is 0 Å². The Morgan fingerprint density at radius 2 is 1.76 bits per heavy atom. The van der Waals surface area contributed by atoms with Crippen LogP contribution in [0.15, 0.2) is 94.6 Å². The van der Waals surface area contributed by atoms with Gasteiger partial charge in [0, 0.05) is 32.7 Å². The average molecular weight is 624 g/mol. The quantitative estimate of drug-likeness (QED) is 0.124. The number of amides is 3. The summed E-state index contributed by atoms with van der Waals surface area (Å²) in [7, 11) is 0. The molecule has 1 aromatic heterocycles. The molecule has 12 heteroatoms. The minimum absolute atomic E-state index is 0.0599. The summed E-state index contributed by atoms with van der Waals surface area (Å²) >= 11 is 10.00. The van der Waals surface area contributed by atoms with Gasteiger partial charge in [-0.1, -0.05) is 66.7 Å². The van der Waals surface area contributed by atoms with E-state index in [1.165, 1.54) is 23.5 Å². The first-order valence-corrected chi connectivity index (χ1v) is 15.5. The highest BCUT2D eigenvalue weighted by Crippen LogP contribution is 2.28. The largest absolute Gasteiger partial charge is 0.321 e. The number of anilines is 2. The number of carbonyl (C=O) groups is 3. The van der Waals surface area contributed by atoms with E-state index >= 15 is 0 Å². The Balaban J connectivity index is 1.45. The van der Waals surface area contributed by atoms with E-state index in [9.17, 15) is 14.4 Å². The molecule has 1 heterocycles. The molecule has 8 nitrogen and oxygen atoms in total. The van der Waals surface area contributed by atoms with Gasteiger partial charge in [-0.25, -0.2) is 0 Å². The van der Waals surface area contributed by atoms with E-state index in [0.29, 0.717) is 32.1 Å². The molecule has 0 aliphatic carbocycles. The number of aromatic nitrogens is 2. The van der Waals surface area contributed by atoms with E-state index in [2.05, 4.69) is 25.3 Å². The predicted molar refractivity (Wildman–Crippen MR) is 169 cm³/mol. The number of benzene rings is 3. The molecule has 0 spiro atoms. The van der Waals surface area contributed by atoms with E-state index in [-0.39, 0.29) is 11.6 Å². The lowest BCUT2D eigenvalue weighted by atomic mass is 10.1. The molecule has 0 saturated heterocycles. The third-order valence-electron chi connectivity index (χ3n) is 5.39. The first-order chi connectivity index (χ1) is 19.8. The molecule has 0 radical (unpaired) electrons. The minimum atomic E-state index is -0.505. The monoisotopic (exact) mass is 623 g/mol. The fourth-order valence-electron chi connectivity index (χ4n) is 3.43. The van der Waals surface area contributed by atoms with Crippen molar-refractivity contribution >= 4 is 81.3 Å². The molecular weight excluding hydrogens is 598 g/mol. The summed E-state index contributed by atoms with van der Waals surface area (Å²) in [6, 6.07) is 22.7. The highest BCUT2D eigenvalue weighted by molar-refractivity contribution is 8.00. The number of halogens is 1. The van der Waals surface area contributed by atoms with Gasteiger partial charge < -0.3 is 10.6 Å². The highest BCUT2D eigenvalue weighted by Gasteiger charge is 2.18. The van der Waals surface area contributed by atoms with Crippen LogP contribution in [0, 0.1) is 0 Å². The molecule has 0 bridgehead atoms. The Morgan fingerprint density at radius 1 is 1.00 bits per heavy atom. The lowest BCUT2D eigenvalue weighted by Crippen LogP contribution is -2.30. The van der Waals surface area contributed by atoms with Gasteiger partial charge in [-0.05, 0) is 66.8 Å². The van der Waals surface area contributed by atoms with Crippen molar-refractivity contribution in [1.82, 2.24) is 14.7 Å². The fraction of sp³-hybridized carbons (Fsp3) is 0.138. The first kappa shape index (κ1) is 30.3. The minimum Gasteiger partial charge on any atom is -0.321 e. The molecule has 0 fully saturated rings. The van der Waals surface area contributed by atoms with E-state index in [4.69, 9.17) is 11.6 Å². The molecule has 4 rings (SSSR count). The lowest BCUT2D eigenvalue weighted by Gasteiger charge is -2.13. The molecule has 0 aliphatic rings. The Kier molecular flexibility index (Phi) is 11.0. The van der Waals surface area contributed by atoms with Crippen LogP contribution in [0.2, 0.25) is 5.02 Å². The topological polar surface area (TPSA) is 113 Å². The normalized spacial score (nSPS) is 11.9. The van der Waals surface area contributed by atoms with E-state index in [1.54, 1.807) is 79.7 Å². The summed E-state index contributed by atoms with van der Waals surface area (Å²) < 4.78 is 4.22. The average Bonchev–Trinajstić information content (AvgIpc) is 3.41. The van der Waals surface area contributed by atoms with Gasteiger partial charge in [0.2, 0.25) is 16.2 Å². The summed E-state index contributed by atoms with van der Waals surface area (Å²) in [6.45, 7) is 3.80. The molecule has 3 amide bonds. The third kappa shape index (κ3) is 9.19. The Morgan fingerprint density at radius 3 is 2.49 bits per heavy atom. The fourth-order valence-corrected chi connectivity index (χ4v) is 5.75. The van der Waals surface area contributed by atoms with Crippen molar-refractivity contribution in [3.8, 4) is 0 Å². The number of nitrogens with one attached hydrogen (secondary N) is 3. The van der Waals surface area contributed by atoms with E-state index in [0.717, 1.165) is 22.2 Å². The van der Waals surface area contributed by atoms with Gasteiger partial charge in [-0.2, -0.15) is 9.36 Å². The Hall–Kier alpha value is -3.64. The van der Waals surface area contributed by atoms with Crippen LogP contribution in [0.4, 0.5) is 10.8 Å². The van der Waals surface area contributed by atoms with Crippen molar-refractivity contribution in [2.75, 3.05) is 16.4 Å². The van der Waals surface area contributed by atoms with Crippen LogP contribution in [0.25, 0.3) is 6.08 Å². The predicted octanol–water partition coefficient (Wildman–Crippen LogP) is 6.83. The second kappa shape index (κ2) is 14.8. The van der Waals surface area contributed by atoms with Crippen molar-refractivity contribution in [2.45, 2.75) is 29.1 Å². The Labute approximate surface area is 255 Å². The number of rotatable bonds is 11. The summed E-state index contributed by atoms with van der Waals surface area (Å²) in [5.41, 5.74) is 1.67. The van der Waals surface area contributed by atoms with Crippen molar-refractivity contribution in [3.05, 3.63) is 101 Å². The Bertz CT molecular complexity index is 1540. The first-order valence-electron chi connectivity index (χ1n) is 12.5. The summed E-state index contributed by atoms with van der Waals surface area (Å²) in [5, 5.41) is 9.59. The zero-order valence-corrected chi connectivity index (χ0v) is 25.3. The zero-order valence-electron chi connectivity index (χ0n) is 22.1. The van der Waals surface area contributed by atoms with Crippen LogP contribution in [-0.4, -0.2) is 38.1 Å². The van der Waals surface area contributed by atoms with E-state index in [1.807, 2.05) is 19.1 Å². The third-order valence-corrected chi connectivity index (χ3v) is 8.22. The maximum absolute atomic E-state index is 13.3. The lowest BCUT2D eigenvalue weighted by molar-refractivity contribution is -0.115. The molecule has 210 valence electrons. The van der Waals surface area contributed by atoms with Crippen molar-refractivity contribution in [1.29, 1.82) is 0 Å². The number of hydrogen-bond donors (Lipinski definition) is 3. The number of hydrogen-bond acceptors (Lipinski definition) is 8. The molecule has 0 aliphatic heterocycles. The van der Waals surface area contributed by atoms with E-state index < -0.39 is 17.1 Å². The maximum Gasteiger partial charge on any atom is 0.272 e. The van der Waals surface area contributed by atoms with Crippen molar-refractivity contribution in [2.24, 2.45) is 0 Å². The van der Waals surface area contributed by atoms with Crippen LogP contribution in [0.1, 0.15) is 29.8 Å².